The molecule has 1 heterocycles. The van der Waals surface area contributed by atoms with Crippen LogP contribution in [0.2, 0.25) is 0 Å². The van der Waals surface area contributed by atoms with E-state index in [0.717, 1.165) is 16.9 Å². The summed E-state index contributed by atoms with van der Waals surface area (Å²) in [5, 5.41) is 0.254. The molecule has 0 N–H and O–H groups in total. The van der Waals surface area contributed by atoms with Gasteiger partial charge in [-0.05, 0) is 50.6 Å². The SMILES string of the molecule is C=C(C)C(/C=C\C)=C/C=C(\C)OCCCOc1c(-c2ccc(OC)c(OC)c2)oc2cc(OC)cc(OC)c2c1=O. The number of hydrogen-bond acceptors (Lipinski definition) is 8. The first-order valence-corrected chi connectivity index (χ1v) is 13.2. The standard InChI is InChI=1S/C33H38O8/c1-9-11-23(21(2)3)13-12-22(4)39-16-10-17-40-33-31(34)30-28(38-8)19-25(35-5)20-29(30)41-32(33)24-14-15-26(36-6)27(18-24)37-7/h9,11-15,18-20H,2,10,16-17H2,1,3-8H3/b11-9-,22-12+,23-13+. The van der Waals surface area contributed by atoms with Crippen molar-refractivity contribution < 1.29 is 32.8 Å². The predicted molar refractivity (Wildman–Crippen MR) is 162 cm³/mol. The molecule has 3 aromatic rings. The van der Waals surface area contributed by atoms with E-state index in [4.69, 9.17) is 32.8 Å². The van der Waals surface area contributed by atoms with Gasteiger partial charge in [0.05, 0.1) is 47.4 Å². The van der Waals surface area contributed by atoms with Gasteiger partial charge < -0.3 is 32.8 Å². The largest absolute Gasteiger partial charge is 0.498 e. The van der Waals surface area contributed by atoms with Crippen molar-refractivity contribution in [2.75, 3.05) is 41.7 Å². The van der Waals surface area contributed by atoms with E-state index in [1.165, 1.54) is 21.3 Å². The summed E-state index contributed by atoms with van der Waals surface area (Å²) in [5.74, 6) is 2.89. The summed E-state index contributed by atoms with van der Waals surface area (Å²) in [5.41, 5.74) is 2.50. The quantitative estimate of drug-likeness (QED) is 0.115. The van der Waals surface area contributed by atoms with Gasteiger partial charge in [0.15, 0.2) is 17.3 Å². The van der Waals surface area contributed by atoms with Crippen molar-refractivity contribution in [1.29, 1.82) is 0 Å². The van der Waals surface area contributed by atoms with E-state index < -0.39 is 0 Å². The second-order valence-corrected chi connectivity index (χ2v) is 9.09. The van der Waals surface area contributed by atoms with E-state index in [1.807, 2.05) is 45.1 Å². The zero-order valence-corrected chi connectivity index (χ0v) is 24.8. The Kier molecular flexibility index (Phi) is 11.1. The average Bonchev–Trinajstić information content (AvgIpc) is 2.98. The number of benzene rings is 2. The highest BCUT2D eigenvalue weighted by atomic mass is 16.5. The van der Waals surface area contributed by atoms with E-state index >= 15 is 0 Å². The molecule has 0 aliphatic carbocycles. The Morgan fingerprint density at radius 3 is 2.27 bits per heavy atom. The number of ether oxygens (including phenoxy) is 6. The number of allylic oxidation sites excluding steroid dienone is 7. The molecular formula is C33H38O8. The van der Waals surface area contributed by atoms with Crippen LogP contribution in [-0.4, -0.2) is 41.7 Å². The van der Waals surface area contributed by atoms with Crippen molar-refractivity contribution in [3.8, 4) is 40.1 Å². The molecule has 41 heavy (non-hydrogen) atoms. The lowest BCUT2D eigenvalue weighted by Gasteiger charge is -2.15. The van der Waals surface area contributed by atoms with Gasteiger partial charge >= 0.3 is 0 Å². The van der Waals surface area contributed by atoms with Gasteiger partial charge in [-0.2, -0.15) is 0 Å². The van der Waals surface area contributed by atoms with Crippen molar-refractivity contribution in [1.82, 2.24) is 0 Å². The molecule has 2 aromatic carbocycles. The monoisotopic (exact) mass is 562 g/mol. The zero-order chi connectivity index (χ0) is 29.9. The van der Waals surface area contributed by atoms with Gasteiger partial charge in [-0.25, -0.2) is 0 Å². The highest BCUT2D eigenvalue weighted by Gasteiger charge is 2.22. The summed E-state index contributed by atoms with van der Waals surface area (Å²) in [6.07, 6.45) is 8.36. The van der Waals surface area contributed by atoms with Crippen LogP contribution in [0.15, 0.2) is 87.3 Å². The smallest absolute Gasteiger partial charge is 0.239 e. The minimum absolute atomic E-state index is 0.0563. The van der Waals surface area contributed by atoms with Crippen LogP contribution in [0.5, 0.6) is 28.7 Å². The third-order valence-electron chi connectivity index (χ3n) is 6.19. The highest BCUT2D eigenvalue weighted by molar-refractivity contribution is 5.88. The Labute approximate surface area is 241 Å². The van der Waals surface area contributed by atoms with E-state index in [-0.39, 0.29) is 28.9 Å². The molecule has 0 unspecified atom stereocenters. The highest BCUT2D eigenvalue weighted by Crippen LogP contribution is 2.39. The van der Waals surface area contributed by atoms with E-state index in [9.17, 15) is 4.79 Å². The van der Waals surface area contributed by atoms with Gasteiger partial charge in [-0.3, -0.25) is 4.79 Å². The number of hydrogen-bond donors (Lipinski definition) is 0. The van der Waals surface area contributed by atoms with Crippen LogP contribution >= 0.6 is 0 Å². The van der Waals surface area contributed by atoms with Crippen molar-refractivity contribution in [2.24, 2.45) is 0 Å². The fourth-order valence-electron chi connectivity index (χ4n) is 4.06. The first-order chi connectivity index (χ1) is 19.8. The molecule has 0 fully saturated rings. The molecule has 0 saturated heterocycles. The Balaban J connectivity index is 1.92. The molecule has 0 aliphatic heterocycles. The van der Waals surface area contributed by atoms with Crippen LogP contribution in [0.1, 0.15) is 27.2 Å². The Bertz CT molecular complexity index is 1520. The second kappa shape index (κ2) is 14.7. The summed E-state index contributed by atoms with van der Waals surface area (Å²) in [6, 6.07) is 8.51. The lowest BCUT2D eigenvalue weighted by Crippen LogP contribution is -2.13. The van der Waals surface area contributed by atoms with Gasteiger partial charge in [-0.1, -0.05) is 30.4 Å². The molecule has 8 nitrogen and oxygen atoms in total. The average molecular weight is 563 g/mol. The lowest BCUT2D eigenvalue weighted by atomic mass is 10.1. The Morgan fingerprint density at radius 2 is 1.63 bits per heavy atom. The van der Waals surface area contributed by atoms with E-state index in [0.29, 0.717) is 47.2 Å². The predicted octanol–water partition coefficient (Wildman–Crippen LogP) is 7.26. The maximum absolute atomic E-state index is 13.8. The fraction of sp³-hybridized carbons (Fsp3) is 0.303. The molecule has 0 radical (unpaired) electrons. The van der Waals surface area contributed by atoms with Gasteiger partial charge in [0, 0.05) is 24.1 Å². The van der Waals surface area contributed by atoms with Crippen LogP contribution in [0.4, 0.5) is 0 Å². The first kappa shape index (κ1) is 30.9. The van der Waals surface area contributed by atoms with Gasteiger partial charge in [0.2, 0.25) is 11.2 Å². The normalized spacial score (nSPS) is 12.0. The maximum atomic E-state index is 13.8. The molecule has 218 valence electrons. The molecule has 8 heteroatoms. The van der Waals surface area contributed by atoms with Crippen molar-refractivity contribution >= 4 is 11.0 Å². The van der Waals surface area contributed by atoms with Gasteiger partial charge in [0.1, 0.15) is 22.5 Å². The summed E-state index contributed by atoms with van der Waals surface area (Å²) < 4.78 is 39.9. The van der Waals surface area contributed by atoms with Crippen molar-refractivity contribution in [3.63, 3.8) is 0 Å². The molecular weight excluding hydrogens is 524 g/mol. The molecule has 0 atom stereocenters. The van der Waals surface area contributed by atoms with Crippen molar-refractivity contribution in [2.45, 2.75) is 27.2 Å². The summed E-state index contributed by atoms with van der Waals surface area (Å²) in [6.45, 7) is 10.4. The minimum Gasteiger partial charge on any atom is -0.498 e. The third kappa shape index (κ3) is 7.54. The minimum atomic E-state index is -0.367. The molecule has 0 spiro atoms. The zero-order valence-electron chi connectivity index (χ0n) is 24.8. The van der Waals surface area contributed by atoms with E-state index in [2.05, 4.69) is 6.58 Å². The van der Waals surface area contributed by atoms with Crippen LogP contribution in [0.25, 0.3) is 22.3 Å². The molecule has 0 amide bonds. The molecule has 0 bridgehead atoms. The van der Waals surface area contributed by atoms with Crippen LogP contribution < -0.4 is 29.1 Å². The van der Waals surface area contributed by atoms with Crippen molar-refractivity contribution in [3.05, 3.63) is 88.3 Å². The van der Waals surface area contributed by atoms with Crippen LogP contribution in [0, 0.1) is 0 Å². The lowest BCUT2D eigenvalue weighted by molar-refractivity contribution is 0.183. The summed E-state index contributed by atoms with van der Waals surface area (Å²) in [4.78, 5) is 13.8. The van der Waals surface area contributed by atoms with Crippen LogP contribution in [0.3, 0.4) is 0 Å². The second-order valence-electron chi connectivity index (χ2n) is 9.09. The topological polar surface area (TPSA) is 85.6 Å². The number of fused-ring (bicyclic) bond motifs is 1. The molecule has 1 aromatic heterocycles. The van der Waals surface area contributed by atoms with Gasteiger partial charge in [-0.15, -0.1) is 0 Å². The maximum Gasteiger partial charge on any atom is 0.239 e. The molecule has 0 aliphatic rings. The number of methoxy groups -OCH3 is 4. The molecule has 0 saturated carbocycles. The van der Waals surface area contributed by atoms with Crippen LogP contribution in [-0.2, 0) is 4.74 Å². The molecule has 3 rings (SSSR count). The van der Waals surface area contributed by atoms with E-state index in [1.54, 1.807) is 37.4 Å². The summed E-state index contributed by atoms with van der Waals surface area (Å²) in [7, 11) is 6.11. The Hall–Kier alpha value is -4.59. The number of rotatable bonds is 14. The third-order valence-corrected chi connectivity index (χ3v) is 6.19. The summed E-state index contributed by atoms with van der Waals surface area (Å²) >= 11 is 0. The first-order valence-electron chi connectivity index (χ1n) is 13.2. The Morgan fingerprint density at radius 1 is 0.902 bits per heavy atom. The van der Waals surface area contributed by atoms with Gasteiger partial charge in [0.25, 0.3) is 0 Å². The fourth-order valence-corrected chi connectivity index (χ4v) is 4.06.